The molecule has 0 amide bonds. The van der Waals surface area contributed by atoms with Crippen molar-refractivity contribution in [3.63, 3.8) is 0 Å². The maximum absolute atomic E-state index is 12.9. The first-order valence-corrected chi connectivity index (χ1v) is 5.70. The van der Waals surface area contributed by atoms with Crippen molar-refractivity contribution in [3.8, 4) is 0 Å². The van der Waals surface area contributed by atoms with Crippen LogP contribution in [-0.4, -0.2) is 8.42 Å². The lowest BCUT2D eigenvalue weighted by atomic mass is 10.2. The molecule has 0 heterocycles. The highest BCUT2D eigenvalue weighted by molar-refractivity contribution is 9.10. The molecule has 0 saturated heterocycles. The minimum absolute atomic E-state index is 0.118. The second kappa shape index (κ2) is 3.90. The molecule has 14 heavy (non-hydrogen) atoms. The fourth-order valence-corrected chi connectivity index (χ4v) is 1.90. The maximum Gasteiger partial charge on any atom is 0.306 e. The Kier molecular flexibility index (Phi) is 3.20. The predicted molar refractivity (Wildman–Crippen MR) is 47.8 cm³/mol. The Morgan fingerprint density at radius 3 is 2.00 bits per heavy atom. The predicted octanol–water partition coefficient (Wildman–Crippen LogP) is 2.53. The van der Waals surface area contributed by atoms with Crippen LogP contribution in [0, 0.1) is 11.6 Å². The van der Waals surface area contributed by atoms with Crippen molar-refractivity contribution < 1.29 is 21.1 Å². The van der Waals surface area contributed by atoms with E-state index in [0.717, 1.165) is 12.1 Å². The van der Waals surface area contributed by atoms with Gasteiger partial charge in [-0.05, 0) is 12.1 Å². The molecule has 0 fully saturated rings. The van der Waals surface area contributed by atoms with Gasteiger partial charge < -0.3 is 0 Å². The second-order valence-electron chi connectivity index (χ2n) is 2.53. The van der Waals surface area contributed by atoms with Crippen molar-refractivity contribution in [1.82, 2.24) is 0 Å². The average Bonchev–Trinajstić information content (AvgIpc) is 1.95. The van der Waals surface area contributed by atoms with E-state index in [-0.39, 0.29) is 4.47 Å². The molecular formula is C7H4BrF3O2S. The highest BCUT2D eigenvalue weighted by Crippen LogP contribution is 2.21. The average molecular weight is 289 g/mol. The summed E-state index contributed by atoms with van der Waals surface area (Å²) in [7, 11) is -4.93. The summed E-state index contributed by atoms with van der Waals surface area (Å²) < 4.78 is 58.5. The quantitative estimate of drug-likeness (QED) is 0.784. The van der Waals surface area contributed by atoms with Gasteiger partial charge in [0.15, 0.2) is 0 Å². The van der Waals surface area contributed by atoms with Crippen LogP contribution >= 0.6 is 15.9 Å². The first-order chi connectivity index (χ1) is 6.29. The minimum atomic E-state index is -4.93. The summed E-state index contributed by atoms with van der Waals surface area (Å²) in [6.45, 7) is 0. The molecule has 2 nitrogen and oxygen atoms in total. The van der Waals surface area contributed by atoms with Gasteiger partial charge in [-0.2, -0.15) is 8.42 Å². The molecule has 0 unspecified atom stereocenters. The van der Waals surface area contributed by atoms with Crippen LogP contribution in [-0.2, 0) is 16.0 Å². The lowest BCUT2D eigenvalue weighted by Crippen LogP contribution is -2.02. The number of rotatable bonds is 2. The lowest BCUT2D eigenvalue weighted by molar-refractivity contribution is 0.534. The standard InChI is InChI=1S/C7H4BrF3O2S/c8-4-1-6(9)5(7(10)2-4)3-14(11,12)13/h1-2H,3H2. The molecule has 0 spiro atoms. The van der Waals surface area contributed by atoms with Crippen LogP contribution in [0.5, 0.6) is 0 Å². The van der Waals surface area contributed by atoms with Gasteiger partial charge >= 0.3 is 10.2 Å². The van der Waals surface area contributed by atoms with E-state index in [1.54, 1.807) is 0 Å². The molecular weight excluding hydrogens is 285 g/mol. The molecule has 0 aliphatic carbocycles. The van der Waals surface area contributed by atoms with Crippen molar-refractivity contribution in [1.29, 1.82) is 0 Å². The monoisotopic (exact) mass is 288 g/mol. The van der Waals surface area contributed by atoms with Crippen LogP contribution in [0.4, 0.5) is 12.7 Å². The summed E-state index contributed by atoms with van der Waals surface area (Å²) in [4.78, 5) is 0. The van der Waals surface area contributed by atoms with Crippen LogP contribution in [0.3, 0.4) is 0 Å². The summed E-state index contributed by atoms with van der Waals surface area (Å²) in [6, 6.07) is 1.73. The summed E-state index contributed by atoms with van der Waals surface area (Å²) in [5, 5.41) is 0. The lowest BCUT2D eigenvalue weighted by Gasteiger charge is -2.02. The molecule has 78 valence electrons. The van der Waals surface area contributed by atoms with E-state index in [4.69, 9.17) is 0 Å². The molecule has 1 rings (SSSR count). The van der Waals surface area contributed by atoms with E-state index in [0.29, 0.717) is 0 Å². The third kappa shape index (κ3) is 2.98. The van der Waals surface area contributed by atoms with E-state index in [2.05, 4.69) is 15.9 Å². The number of hydrogen-bond donors (Lipinski definition) is 0. The molecule has 0 aromatic heterocycles. The Bertz CT molecular complexity index is 435. The van der Waals surface area contributed by atoms with E-state index >= 15 is 0 Å². The van der Waals surface area contributed by atoms with Crippen LogP contribution in [0.15, 0.2) is 16.6 Å². The van der Waals surface area contributed by atoms with Gasteiger partial charge in [-0.3, -0.25) is 0 Å². The zero-order chi connectivity index (χ0) is 10.9. The van der Waals surface area contributed by atoms with Crippen LogP contribution in [0.2, 0.25) is 0 Å². The number of hydrogen-bond acceptors (Lipinski definition) is 2. The largest absolute Gasteiger partial charge is 0.306 e. The molecule has 0 aliphatic heterocycles. The van der Waals surface area contributed by atoms with Gasteiger partial charge in [-0.1, -0.05) is 15.9 Å². The third-order valence-corrected chi connectivity index (χ3v) is 2.51. The molecule has 1 aromatic carbocycles. The third-order valence-electron chi connectivity index (χ3n) is 1.42. The first-order valence-electron chi connectivity index (χ1n) is 3.35. The minimum Gasteiger partial charge on any atom is -0.207 e. The van der Waals surface area contributed by atoms with Crippen molar-refractivity contribution in [3.05, 3.63) is 33.8 Å². The van der Waals surface area contributed by atoms with Gasteiger partial charge in [0.05, 0.1) is 0 Å². The summed E-state index contributed by atoms with van der Waals surface area (Å²) >= 11 is 2.80. The Morgan fingerprint density at radius 1 is 1.21 bits per heavy atom. The van der Waals surface area contributed by atoms with Crippen LogP contribution in [0.25, 0.3) is 0 Å². The van der Waals surface area contributed by atoms with Crippen LogP contribution < -0.4 is 0 Å². The molecule has 0 aliphatic rings. The van der Waals surface area contributed by atoms with Gasteiger partial charge in [-0.15, -0.1) is 3.89 Å². The van der Waals surface area contributed by atoms with E-state index in [1.165, 1.54) is 0 Å². The first kappa shape index (κ1) is 11.5. The molecule has 7 heteroatoms. The van der Waals surface area contributed by atoms with E-state index in [9.17, 15) is 21.1 Å². The second-order valence-corrected chi connectivity index (χ2v) is 4.81. The van der Waals surface area contributed by atoms with Crippen molar-refractivity contribution in [2.75, 3.05) is 0 Å². The van der Waals surface area contributed by atoms with Crippen LogP contribution in [0.1, 0.15) is 5.56 Å². The number of benzene rings is 1. The van der Waals surface area contributed by atoms with Gasteiger partial charge in [0, 0.05) is 10.0 Å². The Hall–Kier alpha value is -0.560. The highest BCUT2D eigenvalue weighted by atomic mass is 79.9. The maximum atomic E-state index is 12.9. The normalized spacial score (nSPS) is 11.7. The van der Waals surface area contributed by atoms with Gasteiger partial charge in [0.25, 0.3) is 0 Å². The number of halogens is 4. The molecule has 0 N–H and O–H groups in total. The van der Waals surface area contributed by atoms with Gasteiger partial charge in [-0.25, -0.2) is 8.78 Å². The zero-order valence-electron chi connectivity index (χ0n) is 6.60. The van der Waals surface area contributed by atoms with Gasteiger partial charge in [0.2, 0.25) is 0 Å². The summed E-state index contributed by atoms with van der Waals surface area (Å²) in [5.74, 6) is -3.49. The Morgan fingerprint density at radius 2 is 1.64 bits per heavy atom. The van der Waals surface area contributed by atoms with E-state index in [1.807, 2.05) is 0 Å². The fraction of sp³-hybridized carbons (Fsp3) is 0.143. The Labute approximate surface area is 87.1 Å². The molecule has 0 radical (unpaired) electrons. The van der Waals surface area contributed by atoms with Crippen molar-refractivity contribution in [2.45, 2.75) is 5.75 Å². The summed E-state index contributed by atoms with van der Waals surface area (Å²) in [6.07, 6.45) is 0. The molecule has 0 atom stereocenters. The molecule has 0 saturated carbocycles. The zero-order valence-corrected chi connectivity index (χ0v) is 9.00. The topological polar surface area (TPSA) is 34.1 Å². The Balaban J connectivity index is 3.22. The van der Waals surface area contributed by atoms with Crippen molar-refractivity contribution in [2.24, 2.45) is 0 Å². The smallest absolute Gasteiger partial charge is 0.207 e. The van der Waals surface area contributed by atoms with E-state index < -0.39 is 33.2 Å². The molecule has 0 bridgehead atoms. The van der Waals surface area contributed by atoms with Gasteiger partial charge in [0.1, 0.15) is 17.4 Å². The SMILES string of the molecule is O=S(=O)(F)Cc1c(F)cc(Br)cc1F. The van der Waals surface area contributed by atoms with Crippen molar-refractivity contribution >= 4 is 26.2 Å². The summed E-state index contributed by atoms with van der Waals surface area (Å²) in [5.41, 5.74) is -0.796. The fourth-order valence-electron chi connectivity index (χ4n) is 0.882. The highest BCUT2D eigenvalue weighted by Gasteiger charge is 2.17. The molecule has 1 aromatic rings.